The zero-order valence-electron chi connectivity index (χ0n) is 16.6. The first-order valence-corrected chi connectivity index (χ1v) is 9.52. The maximum atomic E-state index is 14.4. The van der Waals surface area contributed by atoms with Crippen molar-refractivity contribution in [1.82, 2.24) is 0 Å². The molecule has 0 aliphatic heterocycles. The molecule has 0 saturated heterocycles. The van der Waals surface area contributed by atoms with E-state index in [2.05, 4.69) is 0 Å². The Kier molecular flexibility index (Phi) is 6.54. The number of benzene rings is 3. The van der Waals surface area contributed by atoms with Gasteiger partial charge in [-0.25, -0.2) is 26.3 Å². The van der Waals surface area contributed by atoms with Gasteiger partial charge >= 0.3 is 0 Å². The van der Waals surface area contributed by atoms with Gasteiger partial charge in [0.2, 0.25) is 0 Å². The summed E-state index contributed by atoms with van der Waals surface area (Å²) in [5.74, 6) is -4.90. The lowest BCUT2D eigenvalue weighted by Crippen LogP contribution is -2.04. The molecule has 0 fully saturated rings. The summed E-state index contributed by atoms with van der Waals surface area (Å²) in [5.41, 5.74) is 0.632. The minimum Gasteiger partial charge on any atom is -0.207 e. The molecule has 0 spiro atoms. The zero-order chi connectivity index (χ0) is 22.0. The normalized spacial score (nSPS) is 11.2. The van der Waals surface area contributed by atoms with Crippen LogP contribution in [0.1, 0.15) is 33.4 Å². The lowest BCUT2D eigenvalue weighted by molar-refractivity contribution is 0.491. The van der Waals surface area contributed by atoms with Gasteiger partial charge in [0.15, 0.2) is 11.6 Å². The van der Waals surface area contributed by atoms with Crippen LogP contribution < -0.4 is 0 Å². The van der Waals surface area contributed by atoms with Crippen LogP contribution in [-0.2, 0) is 25.7 Å². The molecule has 6 heteroatoms. The first-order valence-electron chi connectivity index (χ1n) is 9.52. The van der Waals surface area contributed by atoms with E-state index in [1.165, 1.54) is 38.1 Å². The van der Waals surface area contributed by atoms with Crippen molar-refractivity contribution in [3.05, 3.63) is 105 Å². The van der Waals surface area contributed by atoms with Gasteiger partial charge in [-0.3, -0.25) is 0 Å². The fourth-order valence-corrected chi connectivity index (χ4v) is 3.31. The number of halogens is 6. The van der Waals surface area contributed by atoms with Gasteiger partial charge < -0.3 is 0 Å². The largest absolute Gasteiger partial charge is 0.207 e. The highest BCUT2D eigenvalue weighted by Gasteiger charge is 2.15. The number of aryl methyl sites for hydroxylation is 4. The van der Waals surface area contributed by atoms with Crippen LogP contribution in [0.5, 0.6) is 0 Å². The third-order valence-corrected chi connectivity index (χ3v) is 5.24. The summed E-state index contributed by atoms with van der Waals surface area (Å²) in [6.45, 7) is 2.76. The van der Waals surface area contributed by atoms with E-state index in [-0.39, 0.29) is 47.9 Å². The summed E-state index contributed by atoms with van der Waals surface area (Å²) in [4.78, 5) is 0. The summed E-state index contributed by atoms with van der Waals surface area (Å²) in [5, 5.41) is 0. The van der Waals surface area contributed by atoms with Crippen molar-refractivity contribution < 1.29 is 26.3 Å². The fourth-order valence-electron chi connectivity index (χ4n) is 3.31. The standard InChI is InChI=1S/C24H20F6/c1-13-3-6-17(24(30)23(13)29)7-8-18-21(27)11-16(12-22(18)28)5-4-15-9-19(25)14(2)20(26)10-15/h3,6,9-12H,4-5,7-8H2,1-2H3. The smallest absolute Gasteiger partial charge is 0.162 e. The van der Waals surface area contributed by atoms with Crippen molar-refractivity contribution in [2.75, 3.05) is 0 Å². The molecule has 0 atom stereocenters. The van der Waals surface area contributed by atoms with Crippen LogP contribution in [0.15, 0.2) is 36.4 Å². The van der Waals surface area contributed by atoms with Gasteiger partial charge in [-0.2, -0.15) is 0 Å². The van der Waals surface area contributed by atoms with Crippen LogP contribution in [0.3, 0.4) is 0 Å². The Labute approximate surface area is 171 Å². The van der Waals surface area contributed by atoms with Gasteiger partial charge in [0.05, 0.1) is 0 Å². The Balaban J connectivity index is 1.72. The van der Waals surface area contributed by atoms with Gasteiger partial charge in [-0.05, 0) is 86.1 Å². The third-order valence-electron chi connectivity index (χ3n) is 5.24. The highest BCUT2D eigenvalue weighted by molar-refractivity contribution is 5.31. The summed E-state index contributed by atoms with van der Waals surface area (Å²) >= 11 is 0. The fraction of sp³-hybridized carbons (Fsp3) is 0.250. The molecule has 0 aliphatic carbocycles. The topological polar surface area (TPSA) is 0 Å². The molecule has 0 aromatic heterocycles. The molecule has 0 unspecified atom stereocenters. The van der Waals surface area contributed by atoms with Gasteiger partial charge in [0.1, 0.15) is 23.3 Å². The molecule has 158 valence electrons. The summed E-state index contributed by atoms with van der Waals surface area (Å²) in [7, 11) is 0. The van der Waals surface area contributed by atoms with E-state index in [1.807, 2.05) is 0 Å². The molecule has 0 aliphatic rings. The Morgan fingerprint density at radius 2 is 1.07 bits per heavy atom. The molecule has 30 heavy (non-hydrogen) atoms. The van der Waals surface area contributed by atoms with Gasteiger partial charge in [-0.1, -0.05) is 12.1 Å². The van der Waals surface area contributed by atoms with Crippen molar-refractivity contribution in [2.24, 2.45) is 0 Å². The average molecular weight is 422 g/mol. The van der Waals surface area contributed by atoms with Crippen molar-refractivity contribution >= 4 is 0 Å². The van der Waals surface area contributed by atoms with Crippen LogP contribution in [0, 0.1) is 48.8 Å². The number of hydrogen-bond donors (Lipinski definition) is 0. The molecule has 0 N–H and O–H groups in total. The average Bonchev–Trinajstić information content (AvgIpc) is 2.69. The molecule has 0 nitrogen and oxygen atoms in total. The molecule has 3 rings (SSSR count). The minimum absolute atomic E-state index is 0.0457. The van der Waals surface area contributed by atoms with Crippen molar-refractivity contribution in [2.45, 2.75) is 39.5 Å². The maximum absolute atomic E-state index is 14.4. The number of hydrogen-bond acceptors (Lipinski definition) is 0. The summed E-state index contributed by atoms with van der Waals surface area (Å²) in [6, 6.07) is 7.54. The number of rotatable bonds is 6. The Hall–Kier alpha value is -2.76. The first-order chi connectivity index (χ1) is 14.2. The summed E-state index contributed by atoms with van der Waals surface area (Å²) in [6.07, 6.45) is 0.206. The van der Waals surface area contributed by atoms with E-state index in [4.69, 9.17) is 0 Å². The first kappa shape index (κ1) is 21.9. The monoisotopic (exact) mass is 422 g/mol. The van der Waals surface area contributed by atoms with E-state index in [0.29, 0.717) is 11.1 Å². The minimum atomic E-state index is -1.01. The quantitative estimate of drug-likeness (QED) is 0.388. The van der Waals surface area contributed by atoms with E-state index in [0.717, 1.165) is 12.1 Å². The zero-order valence-corrected chi connectivity index (χ0v) is 16.6. The molecule has 0 bridgehead atoms. The predicted octanol–water partition coefficient (Wildman–Crippen LogP) is 6.71. The van der Waals surface area contributed by atoms with Crippen molar-refractivity contribution in [3.63, 3.8) is 0 Å². The van der Waals surface area contributed by atoms with E-state index in [9.17, 15) is 26.3 Å². The molecule has 3 aromatic rings. The van der Waals surface area contributed by atoms with Crippen LogP contribution in [0.4, 0.5) is 26.3 Å². The van der Waals surface area contributed by atoms with Crippen LogP contribution in [0.2, 0.25) is 0 Å². The molecule has 3 aromatic carbocycles. The Morgan fingerprint density at radius 1 is 0.567 bits per heavy atom. The molecule has 0 radical (unpaired) electrons. The molecule has 0 saturated carbocycles. The second kappa shape index (κ2) is 8.94. The lowest BCUT2D eigenvalue weighted by atomic mass is 9.98. The highest BCUT2D eigenvalue weighted by Crippen LogP contribution is 2.22. The highest BCUT2D eigenvalue weighted by atomic mass is 19.2. The molecular weight excluding hydrogens is 402 g/mol. The van der Waals surface area contributed by atoms with Crippen LogP contribution in [-0.4, -0.2) is 0 Å². The van der Waals surface area contributed by atoms with E-state index < -0.39 is 34.9 Å². The Bertz CT molecular complexity index is 1040. The van der Waals surface area contributed by atoms with E-state index in [1.54, 1.807) is 0 Å². The molecule has 0 amide bonds. The second-order valence-electron chi connectivity index (χ2n) is 7.39. The molecule has 0 heterocycles. The second-order valence-corrected chi connectivity index (χ2v) is 7.39. The third kappa shape index (κ3) is 4.69. The Morgan fingerprint density at radius 3 is 1.60 bits per heavy atom. The predicted molar refractivity (Wildman–Crippen MR) is 103 cm³/mol. The van der Waals surface area contributed by atoms with Crippen LogP contribution in [0.25, 0.3) is 0 Å². The van der Waals surface area contributed by atoms with Gasteiger partial charge in [0.25, 0.3) is 0 Å². The molecular formula is C24H20F6. The van der Waals surface area contributed by atoms with Crippen LogP contribution >= 0.6 is 0 Å². The van der Waals surface area contributed by atoms with Crippen molar-refractivity contribution in [3.8, 4) is 0 Å². The summed E-state index contributed by atoms with van der Waals surface area (Å²) < 4.78 is 83.8. The van der Waals surface area contributed by atoms with Gasteiger partial charge in [0, 0.05) is 11.1 Å². The SMILES string of the molecule is Cc1ccc(CCc2c(F)cc(CCc3cc(F)c(C)c(F)c3)cc2F)c(F)c1F. The van der Waals surface area contributed by atoms with E-state index >= 15 is 0 Å². The lowest BCUT2D eigenvalue weighted by Gasteiger charge is -2.10. The maximum Gasteiger partial charge on any atom is 0.162 e. The van der Waals surface area contributed by atoms with Crippen molar-refractivity contribution in [1.29, 1.82) is 0 Å². The van der Waals surface area contributed by atoms with Gasteiger partial charge in [-0.15, -0.1) is 0 Å².